The van der Waals surface area contributed by atoms with Crippen LogP contribution in [0.1, 0.15) is 55.2 Å². The van der Waals surface area contributed by atoms with E-state index >= 15 is 0 Å². The van der Waals surface area contributed by atoms with Crippen LogP contribution in [0, 0.1) is 19.8 Å². The monoisotopic (exact) mass is 454 g/mol. The zero-order valence-electron chi connectivity index (χ0n) is 19.1. The summed E-state index contributed by atoms with van der Waals surface area (Å²) in [5.41, 5.74) is 3.16. The number of aryl methyl sites for hydroxylation is 2. The number of hydrogen-bond donors (Lipinski definition) is 1. The molecule has 1 saturated heterocycles. The van der Waals surface area contributed by atoms with Gasteiger partial charge in [0.25, 0.3) is 0 Å². The van der Waals surface area contributed by atoms with Crippen LogP contribution in [-0.4, -0.2) is 38.3 Å². The highest BCUT2D eigenvalue weighted by molar-refractivity contribution is 7.89. The van der Waals surface area contributed by atoms with Crippen molar-refractivity contribution in [3.8, 4) is 0 Å². The second-order valence-electron chi connectivity index (χ2n) is 9.52. The van der Waals surface area contributed by atoms with Gasteiger partial charge in [0.15, 0.2) is 0 Å². The van der Waals surface area contributed by atoms with E-state index in [0.29, 0.717) is 37.4 Å². The van der Waals surface area contributed by atoms with Crippen molar-refractivity contribution < 1.29 is 13.2 Å². The minimum atomic E-state index is -3.53. The van der Waals surface area contributed by atoms with Crippen molar-refractivity contribution in [2.75, 3.05) is 19.6 Å². The maximum atomic E-state index is 13.1. The molecule has 6 heteroatoms. The molecule has 1 N–H and O–H groups in total. The molecule has 2 aromatic rings. The first-order valence-corrected chi connectivity index (χ1v) is 13.2. The van der Waals surface area contributed by atoms with Gasteiger partial charge in [0.1, 0.15) is 0 Å². The number of nitrogens with one attached hydrogen (secondary N) is 1. The minimum Gasteiger partial charge on any atom is -0.355 e. The minimum absolute atomic E-state index is 0.0317. The number of piperidine rings is 1. The lowest BCUT2D eigenvalue weighted by atomic mass is 9.78. The normalized spacial score (nSPS) is 19.7. The SMILES string of the molecule is Cc1ccc(S(=O)(=O)N2CCC(C(=O)NCC3(c4ccccc4)CCCC3)CC2)c(C)c1. The highest BCUT2D eigenvalue weighted by atomic mass is 32.2. The summed E-state index contributed by atoms with van der Waals surface area (Å²) in [6.07, 6.45) is 5.72. The van der Waals surface area contributed by atoms with Crippen LogP contribution in [0.3, 0.4) is 0 Å². The Balaban J connectivity index is 1.36. The van der Waals surface area contributed by atoms with Crippen LogP contribution in [-0.2, 0) is 20.2 Å². The first-order valence-electron chi connectivity index (χ1n) is 11.7. The number of carbonyl (C=O) groups is 1. The highest BCUT2D eigenvalue weighted by Gasteiger charge is 2.37. The molecule has 2 aliphatic rings. The van der Waals surface area contributed by atoms with E-state index in [2.05, 4.69) is 29.6 Å². The number of carbonyl (C=O) groups excluding carboxylic acids is 1. The molecule has 1 saturated carbocycles. The van der Waals surface area contributed by atoms with Gasteiger partial charge in [-0.1, -0.05) is 60.9 Å². The molecule has 0 bridgehead atoms. The summed E-state index contributed by atoms with van der Waals surface area (Å²) in [6.45, 7) is 5.23. The third-order valence-corrected chi connectivity index (χ3v) is 9.38. The molecular weight excluding hydrogens is 420 g/mol. The molecule has 4 rings (SSSR count). The van der Waals surface area contributed by atoms with Crippen molar-refractivity contribution in [1.82, 2.24) is 9.62 Å². The fraction of sp³-hybridized carbons (Fsp3) is 0.500. The van der Waals surface area contributed by atoms with E-state index in [1.807, 2.05) is 32.0 Å². The van der Waals surface area contributed by atoms with Crippen molar-refractivity contribution in [3.05, 3.63) is 65.2 Å². The summed E-state index contributed by atoms with van der Waals surface area (Å²) in [4.78, 5) is 13.3. The molecule has 0 radical (unpaired) electrons. The molecule has 1 aliphatic carbocycles. The molecule has 2 fully saturated rings. The first-order chi connectivity index (χ1) is 15.3. The van der Waals surface area contributed by atoms with E-state index in [1.165, 1.54) is 22.7 Å². The fourth-order valence-corrected chi connectivity index (χ4v) is 7.07. The van der Waals surface area contributed by atoms with Gasteiger partial charge in [-0.05, 0) is 56.7 Å². The summed E-state index contributed by atoms with van der Waals surface area (Å²) < 4.78 is 27.8. The average molecular weight is 455 g/mol. The van der Waals surface area contributed by atoms with Crippen molar-refractivity contribution >= 4 is 15.9 Å². The third kappa shape index (κ3) is 4.62. The summed E-state index contributed by atoms with van der Waals surface area (Å²) >= 11 is 0. The maximum absolute atomic E-state index is 13.1. The molecule has 32 heavy (non-hydrogen) atoms. The molecule has 2 aromatic carbocycles. The van der Waals surface area contributed by atoms with E-state index in [-0.39, 0.29) is 17.2 Å². The third-order valence-electron chi connectivity index (χ3n) is 7.32. The number of amides is 1. The predicted molar refractivity (Wildman–Crippen MR) is 127 cm³/mol. The molecule has 0 aromatic heterocycles. The molecule has 1 heterocycles. The number of rotatable bonds is 6. The molecule has 0 atom stereocenters. The van der Waals surface area contributed by atoms with Crippen molar-refractivity contribution in [2.45, 2.75) is 62.7 Å². The zero-order valence-corrected chi connectivity index (χ0v) is 20.0. The Morgan fingerprint density at radius 3 is 2.31 bits per heavy atom. The van der Waals surface area contributed by atoms with Gasteiger partial charge in [0.05, 0.1) is 4.90 Å². The van der Waals surface area contributed by atoms with Gasteiger partial charge < -0.3 is 5.32 Å². The van der Waals surface area contributed by atoms with E-state index in [0.717, 1.165) is 24.0 Å². The van der Waals surface area contributed by atoms with Crippen LogP contribution < -0.4 is 5.32 Å². The van der Waals surface area contributed by atoms with Crippen LogP contribution in [0.4, 0.5) is 0 Å². The van der Waals surface area contributed by atoms with E-state index < -0.39 is 10.0 Å². The van der Waals surface area contributed by atoms with Crippen molar-refractivity contribution in [3.63, 3.8) is 0 Å². The smallest absolute Gasteiger partial charge is 0.243 e. The van der Waals surface area contributed by atoms with Gasteiger partial charge in [-0.25, -0.2) is 8.42 Å². The lowest BCUT2D eigenvalue weighted by Crippen LogP contribution is -2.46. The van der Waals surface area contributed by atoms with E-state index in [9.17, 15) is 13.2 Å². The van der Waals surface area contributed by atoms with Crippen LogP contribution >= 0.6 is 0 Å². The molecule has 0 spiro atoms. The van der Waals surface area contributed by atoms with Gasteiger partial charge in [-0.3, -0.25) is 4.79 Å². The lowest BCUT2D eigenvalue weighted by molar-refractivity contribution is -0.126. The Kier molecular flexibility index (Phi) is 6.72. The lowest BCUT2D eigenvalue weighted by Gasteiger charge is -2.33. The molecule has 172 valence electrons. The average Bonchev–Trinajstić information content (AvgIpc) is 3.28. The van der Waals surface area contributed by atoms with Gasteiger partial charge in [0.2, 0.25) is 15.9 Å². The van der Waals surface area contributed by atoms with E-state index in [4.69, 9.17) is 0 Å². The molecule has 1 amide bonds. The van der Waals surface area contributed by atoms with Gasteiger partial charge >= 0.3 is 0 Å². The highest BCUT2D eigenvalue weighted by Crippen LogP contribution is 2.40. The summed E-state index contributed by atoms with van der Waals surface area (Å²) in [7, 11) is -3.53. The van der Waals surface area contributed by atoms with Gasteiger partial charge in [-0.15, -0.1) is 0 Å². The Labute approximate surface area is 192 Å². The Morgan fingerprint density at radius 2 is 1.69 bits per heavy atom. The van der Waals surface area contributed by atoms with Crippen LogP contribution in [0.15, 0.2) is 53.4 Å². The number of sulfonamides is 1. The predicted octanol–water partition coefficient (Wildman–Crippen LogP) is 4.33. The van der Waals surface area contributed by atoms with Crippen LogP contribution in [0.2, 0.25) is 0 Å². The molecular formula is C26H34N2O3S. The van der Waals surface area contributed by atoms with E-state index in [1.54, 1.807) is 6.07 Å². The summed E-state index contributed by atoms with van der Waals surface area (Å²) in [5, 5.41) is 3.23. The first kappa shape index (κ1) is 23.0. The zero-order chi connectivity index (χ0) is 22.8. The topological polar surface area (TPSA) is 66.5 Å². The number of hydrogen-bond acceptors (Lipinski definition) is 3. The van der Waals surface area contributed by atoms with Crippen LogP contribution in [0.25, 0.3) is 0 Å². The summed E-state index contributed by atoms with van der Waals surface area (Å²) in [5.74, 6) is -0.0643. The van der Waals surface area contributed by atoms with Gasteiger partial charge in [0, 0.05) is 31.0 Å². The Bertz CT molecular complexity index is 1050. The van der Waals surface area contributed by atoms with Crippen molar-refractivity contribution in [2.24, 2.45) is 5.92 Å². The molecule has 0 unspecified atom stereocenters. The second-order valence-corrected chi connectivity index (χ2v) is 11.4. The standard InChI is InChI=1S/C26H34N2O3S/c1-20-10-11-24(21(2)18-20)32(30,31)28-16-12-22(13-17-28)25(29)27-19-26(14-6-7-15-26)23-8-4-3-5-9-23/h3-5,8-11,18,22H,6-7,12-17,19H2,1-2H3,(H,27,29). The summed E-state index contributed by atoms with van der Waals surface area (Å²) in [6, 6.07) is 16.0. The second kappa shape index (κ2) is 9.36. The Hall–Kier alpha value is -2.18. The fourth-order valence-electron chi connectivity index (χ4n) is 5.40. The number of benzene rings is 2. The maximum Gasteiger partial charge on any atom is 0.243 e. The quantitative estimate of drug-likeness (QED) is 0.706. The Morgan fingerprint density at radius 1 is 1.03 bits per heavy atom. The molecule has 5 nitrogen and oxygen atoms in total. The molecule has 1 aliphatic heterocycles. The number of nitrogens with zero attached hydrogens (tertiary/aromatic N) is 1. The van der Waals surface area contributed by atoms with Crippen LogP contribution in [0.5, 0.6) is 0 Å². The van der Waals surface area contributed by atoms with Gasteiger partial charge in [-0.2, -0.15) is 4.31 Å². The van der Waals surface area contributed by atoms with Crippen molar-refractivity contribution in [1.29, 1.82) is 0 Å². The largest absolute Gasteiger partial charge is 0.355 e.